The summed E-state index contributed by atoms with van der Waals surface area (Å²) in [6, 6.07) is 1.89. The van der Waals surface area contributed by atoms with Crippen LogP contribution in [0.25, 0.3) is 0 Å². The molecule has 0 bridgehead atoms. The largest absolute Gasteiger partial charge is 0.370 e. The Kier molecular flexibility index (Phi) is 4.80. The molecule has 0 spiro atoms. The number of ether oxygens (including phenoxy) is 1. The average Bonchev–Trinajstić information content (AvgIpc) is 3.00. The fraction of sp³-hybridized carbons (Fsp3) is 0.438. The minimum atomic E-state index is -0.0576. The van der Waals surface area contributed by atoms with E-state index in [9.17, 15) is 4.79 Å². The Bertz CT molecular complexity index is 633. The van der Waals surface area contributed by atoms with Crippen LogP contribution in [0.3, 0.4) is 0 Å². The number of rotatable bonds is 4. The smallest absolute Gasteiger partial charge is 0.261 e. The number of aromatic nitrogens is 2. The lowest BCUT2D eigenvalue weighted by molar-refractivity contribution is 0.00940. The van der Waals surface area contributed by atoms with E-state index in [4.69, 9.17) is 4.74 Å². The molecule has 3 heterocycles. The Balaban J connectivity index is 1.55. The van der Waals surface area contributed by atoms with E-state index in [1.54, 1.807) is 12.4 Å². The molecule has 1 N–H and O–H groups in total. The number of carbonyl (C=O) groups excluding carboxylic acids is 1. The maximum atomic E-state index is 12.0. The standard InChI is InChI=1S/C16H19N3O2S/c1-11-6-14(22-10-11)16(20)19-9-12-7-17-15(18-8-12)13-4-2-3-5-21-13/h6-8,10,13H,2-5,9H2,1H3,(H,19,20)/t13-/m0/s1. The Morgan fingerprint density at radius 3 is 2.86 bits per heavy atom. The number of amides is 1. The van der Waals surface area contributed by atoms with Crippen molar-refractivity contribution >= 4 is 17.2 Å². The molecule has 22 heavy (non-hydrogen) atoms. The van der Waals surface area contributed by atoms with Crippen LogP contribution in [0.1, 0.15) is 52.0 Å². The van der Waals surface area contributed by atoms with Crippen LogP contribution in [-0.4, -0.2) is 22.5 Å². The summed E-state index contributed by atoms with van der Waals surface area (Å²) in [5.74, 6) is 0.682. The van der Waals surface area contributed by atoms with Crippen LogP contribution in [0.2, 0.25) is 0 Å². The summed E-state index contributed by atoms with van der Waals surface area (Å²) in [5, 5.41) is 4.86. The minimum Gasteiger partial charge on any atom is -0.370 e. The summed E-state index contributed by atoms with van der Waals surface area (Å²) in [4.78, 5) is 21.5. The number of nitrogens with zero attached hydrogens (tertiary/aromatic N) is 2. The number of hydrogen-bond acceptors (Lipinski definition) is 5. The van der Waals surface area contributed by atoms with Gasteiger partial charge in [0.1, 0.15) is 6.10 Å². The fourth-order valence-electron chi connectivity index (χ4n) is 2.39. The van der Waals surface area contributed by atoms with E-state index in [2.05, 4.69) is 15.3 Å². The second kappa shape index (κ2) is 6.98. The van der Waals surface area contributed by atoms with Crippen LogP contribution in [0.5, 0.6) is 0 Å². The molecule has 1 aliphatic rings. The van der Waals surface area contributed by atoms with E-state index in [1.165, 1.54) is 11.3 Å². The van der Waals surface area contributed by atoms with Crippen molar-refractivity contribution in [3.63, 3.8) is 0 Å². The van der Waals surface area contributed by atoms with Gasteiger partial charge in [-0.15, -0.1) is 11.3 Å². The van der Waals surface area contributed by atoms with Crippen LogP contribution >= 0.6 is 11.3 Å². The van der Waals surface area contributed by atoms with Gasteiger partial charge in [0, 0.05) is 31.1 Å². The molecule has 0 radical (unpaired) electrons. The van der Waals surface area contributed by atoms with Crippen molar-refractivity contribution < 1.29 is 9.53 Å². The number of thiophene rings is 1. The molecular formula is C16H19N3O2S. The first-order valence-electron chi connectivity index (χ1n) is 7.48. The zero-order valence-electron chi connectivity index (χ0n) is 12.5. The molecule has 116 valence electrons. The van der Waals surface area contributed by atoms with Gasteiger partial charge in [0.05, 0.1) is 4.88 Å². The van der Waals surface area contributed by atoms with Gasteiger partial charge in [0.15, 0.2) is 5.82 Å². The number of aryl methyl sites for hydroxylation is 1. The molecule has 1 atom stereocenters. The van der Waals surface area contributed by atoms with Crippen LogP contribution in [0, 0.1) is 6.92 Å². The highest BCUT2D eigenvalue weighted by molar-refractivity contribution is 7.12. The molecule has 6 heteroatoms. The summed E-state index contributed by atoms with van der Waals surface area (Å²) < 4.78 is 5.67. The van der Waals surface area contributed by atoms with Crippen LogP contribution in [0.4, 0.5) is 0 Å². The first kappa shape index (κ1) is 15.1. The second-order valence-electron chi connectivity index (χ2n) is 5.48. The molecule has 0 aromatic carbocycles. The monoisotopic (exact) mass is 317 g/mol. The molecule has 1 fully saturated rings. The normalized spacial score (nSPS) is 18.1. The highest BCUT2D eigenvalue weighted by Crippen LogP contribution is 2.24. The average molecular weight is 317 g/mol. The lowest BCUT2D eigenvalue weighted by Gasteiger charge is -2.21. The quantitative estimate of drug-likeness (QED) is 0.941. The molecule has 0 aliphatic carbocycles. The van der Waals surface area contributed by atoms with E-state index in [-0.39, 0.29) is 12.0 Å². The molecule has 1 saturated heterocycles. The van der Waals surface area contributed by atoms with Crippen LogP contribution in [0.15, 0.2) is 23.8 Å². The molecule has 0 unspecified atom stereocenters. The van der Waals surface area contributed by atoms with Crippen molar-refractivity contribution in [1.29, 1.82) is 0 Å². The molecule has 5 nitrogen and oxygen atoms in total. The van der Waals surface area contributed by atoms with Gasteiger partial charge >= 0.3 is 0 Å². The summed E-state index contributed by atoms with van der Waals surface area (Å²) in [6.07, 6.45) is 6.80. The summed E-state index contributed by atoms with van der Waals surface area (Å²) in [7, 11) is 0. The van der Waals surface area contributed by atoms with Gasteiger partial charge in [-0.2, -0.15) is 0 Å². The fourth-order valence-corrected chi connectivity index (χ4v) is 3.20. The maximum absolute atomic E-state index is 12.0. The molecule has 3 rings (SSSR count). The first-order chi connectivity index (χ1) is 10.7. The highest BCUT2D eigenvalue weighted by atomic mass is 32.1. The Morgan fingerprint density at radius 2 is 2.23 bits per heavy atom. The van der Waals surface area contributed by atoms with Crippen molar-refractivity contribution in [1.82, 2.24) is 15.3 Å². The third-order valence-electron chi connectivity index (χ3n) is 3.60. The van der Waals surface area contributed by atoms with Crippen LogP contribution < -0.4 is 5.32 Å². The third-order valence-corrected chi connectivity index (χ3v) is 4.65. The predicted octanol–water partition coefficient (Wildman–Crippen LogP) is 3.02. The molecule has 2 aromatic rings. The zero-order valence-corrected chi connectivity index (χ0v) is 13.4. The summed E-state index contributed by atoms with van der Waals surface area (Å²) in [6.45, 7) is 3.20. The van der Waals surface area contributed by atoms with Gasteiger partial charge < -0.3 is 10.1 Å². The SMILES string of the molecule is Cc1csc(C(=O)NCc2cnc([C@@H]3CCCCO3)nc2)c1. The van der Waals surface area contributed by atoms with Gasteiger partial charge in [-0.1, -0.05) is 0 Å². The van der Waals surface area contributed by atoms with Gasteiger partial charge in [-0.05, 0) is 43.2 Å². The molecule has 1 amide bonds. The van der Waals surface area contributed by atoms with Gasteiger partial charge in [0.2, 0.25) is 0 Å². The lowest BCUT2D eigenvalue weighted by atomic mass is 10.1. The Morgan fingerprint density at radius 1 is 1.41 bits per heavy atom. The molecular weight excluding hydrogens is 298 g/mol. The van der Waals surface area contributed by atoms with Gasteiger partial charge in [-0.25, -0.2) is 9.97 Å². The molecule has 1 aliphatic heterocycles. The van der Waals surface area contributed by atoms with Gasteiger partial charge in [0.25, 0.3) is 5.91 Å². The number of carbonyl (C=O) groups is 1. The second-order valence-corrected chi connectivity index (χ2v) is 6.39. The zero-order chi connectivity index (χ0) is 15.4. The Hall–Kier alpha value is -1.79. The Labute approximate surface area is 133 Å². The first-order valence-corrected chi connectivity index (χ1v) is 8.36. The highest BCUT2D eigenvalue weighted by Gasteiger charge is 2.18. The van der Waals surface area contributed by atoms with Crippen molar-refractivity contribution in [2.75, 3.05) is 6.61 Å². The summed E-state index contributed by atoms with van der Waals surface area (Å²) in [5.41, 5.74) is 2.00. The van der Waals surface area contributed by atoms with Crippen molar-refractivity contribution in [3.05, 3.63) is 45.7 Å². The molecule has 0 saturated carbocycles. The van der Waals surface area contributed by atoms with E-state index in [0.717, 1.165) is 47.7 Å². The minimum absolute atomic E-state index is 0.0199. The molecule has 2 aromatic heterocycles. The van der Waals surface area contributed by atoms with Crippen LogP contribution in [-0.2, 0) is 11.3 Å². The van der Waals surface area contributed by atoms with Gasteiger partial charge in [-0.3, -0.25) is 4.79 Å². The van der Waals surface area contributed by atoms with E-state index in [0.29, 0.717) is 6.54 Å². The van der Waals surface area contributed by atoms with E-state index >= 15 is 0 Å². The topological polar surface area (TPSA) is 64.1 Å². The number of nitrogens with one attached hydrogen (secondary N) is 1. The van der Waals surface area contributed by atoms with Crippen molar-refractivity contribution in [2.45, 2.75) is 38.8 Å². The summed E-state index contributed by atoms with van der Waals surface area (Å²) >= 11 is 1.45. The third kappa shape index (κ3) is 3.69. The van der Waals surface area contributed by atoms with E-state index < -0.39 is 0 Å². The van der Waals surface area contributed by atoms with E-state index in [1.807, 2.05) is 18.4 Å². The number of hydrogen-bond donors (Lipinski definition) is 1. The van der Waals surface area contributed by atoms with Crippen molar-refractivity contribution in [3.8, 4) is 0 Å². The van der Waals surface area contributed by atoms with Crippen molar-refractivity contribution in [2.24, 2.45) is 0 Å². The lowest BCUT2D eigenvalue weighted by Crippen LogP contribution is -2.22. The predicted molar refractivity (Wildman–Crippen MR) is 84.8 cm³/mol. The maximum Gasteiger partial charge on any atom is 0.261 e.